The molecule has 46 heavy (non-hydrogen) atoms. The van der Waals surface area contributed by atoms with Crippen LogP contribution in [0.25, 0.3) is 6.08 Å². The number of methoxy groups -OCH3 is 1. The van der Waals surface area contributed by atoms with Crippen LogP contribution in [0.1, 0.15) is 35.1 Å². The molecule has 1 amide bonds. The predicted octanol–water partition coefficient (Wildman–Crippen LogP) is 7.20. The molecule has 0 radical (unpaired) electrons. The third-order valence-corrected chi connectivity index (χ3v) is 10.2. The normalized spacial score (nSPS) is 14.5. The Morgan fingerprint density at radius 3 is 2.30 bits per heavy atom. The molecule has 0 N–H and O–H groups in total. The molecule has 8 nitrogen and oxygen atoms in total. The molecule has 11 heteroatoms. The Hall–Kier alpha value is -4.15. The van der Waals surface area contributed by atoms with Crippen molar-refractivity contribution in [2.24, 2.45) is 0 Å². The Kier molecular flexibility index (Phi) is 10.2. The predicted molar refractivity (Wildman–Crippen MR) is 177 cm³/mol. The van der Waals surface area contributed by atoms with Gasteiger partial charge in [0, 0.05) is 18.8 Å². The van der Waals surface area contributed by atoms with E-state index >= 15 is 0 Å². The second-order valence-electron chi connectivity index (χ2n) is 10.8. The summed E-state index contributed by atoms with van der Waals surface area (Å²) in [4.78, 5) is 28.1. The zero-order valence-corrected chi connectivity index (χ0v) is 27.8. The van der Waals surface area contributed by atoms with Gasteiger partial charge in [-0.25, -0.2) is 13.2 Å². The zero-order chi connectivity index (χ0) is 33.0. The molecule has 1 aliphatic heterocycles. The van der Waals surface area contributed by atoms with Crippen molar-refractivity contribution in [3.63, 3.8) is 0 Å². The van der Waals surface area contributed by atoms with E-state index in [0.29, 0.717) is 40.0 Å². The monoisotopic (exact) mass is 678 g/mol. The molecule has 5 rings (SSSR count). The van der Waals surface area contributed by atoms with Crippen LogP contribution in [0.4, 0.5) is 0 Å². The van der Waals surface area contributed by atoms with Crippen LogP contribution in [0.5, 0.6) is 0 Å². The third-order valence-electron chi connectivity index (χ3n) is 7.67. The fraction of sp³-hybridized carbons (Fsp3) is 0.200. The third kappa shape index (κ3) is 7.29. The number of sulfonamides is 1. The van der Waals surface area contributed by atoms with Crippen molar-refractivity contribution in [3.8, 4) is 0 Å². The number of hydrogen-bond donors (Lipinski definition) is 0. The van der Waals surface area contributed by atoms with Crippen LogP contribution in [0, 0.1) is 6.92 Å². The van der Waals surface area contributed by atoms with Gasteiger partial charge in [-0.1, -0.05) is 77.3 Å². The zero-order valence-electron chi connectivity index (χ0n) is 25.5. The fourth-order valence-electron chi connectivity index (χ4n) is 5.18. The Morgan fingerprint density at radius 1 is 0.913 bits per heavy atom. The number of furan rings is 1. The van der Waals surface area contributed by atoms with Gasteiger partial charge in [0.25, 0.3) is 5.91 Å². The average molecular weight is 680 g/mol. The van der Waals surface area contributed by atoms with E-state index in [2.05, 4.69) is 0 Å². The van der Waals surface area contributed by atoms with Gasteiger partial charge >= 0.3 is 5.97 Å². The van der Waals surface area contributed by atoms with Crippen molar-refractivity contribution >= 4 is 51.2 Å². The first-order valence-electron chi connectivity index (χ1n) is 14.4. The minimum absolute atomic E-state index is 0.00645. The summed E-state index contributed by atoms with van der Waals surface area (Å²) in [5.74, 6) is -0.382. The van der Waals surface area contributed by atoms with Gasteiger partial charge in [0.05, 0.1) is 39.7 Å². The molecule has 0 saturated carbocycles. The summed E-state index contributed by atoms with van der Waals surface area (Å²) in [6.07, 6.45) is 2.09. The van der Waals surface area contributed by atoms with Crippen molar-refractivity contribution in [1.29, 1.82) is 0 Å². The van der Waals surface area contributed by atoms with Crippen LogP contribution < -0.4 is 0 Å². The second-order valence-corrected chi connectivity index (χ2v) is 13.6. The molecule has 0 unspecified atom stereocenters. The van der Waals surface area contributed by atoms with Crippen molar-refractivity contribution in [1.82, 2.24) is 9.21 Å². The highest BCUT2D eigenvalue weighted by Gasteiger charge is 2.37. The SMILES string of the molecule is COC(=O)C1=C(C)N(CCc2ccccc2)C(=O)/C1=C/c1ccc(CN(Cc2ccc(Cl)c(Cl)c2)S(=O)(=O)c2ccc(C)cc2)o1. The maximum Gasteiger partial charge on any atom is 0.340 e. The highest BCUT2D eigenvalue weighted by atomic mass is 35.5. The van der Waals surface area contributed by atoms with Gasteiger partial charge < -0.3 is 14.1 Å². The van der Waals surface area contributed by atoms with Crippen LogP contribution >= 0.6 is 23.2 Å². The van der Waals surface area contributed by atoms with Crippen LogP contribution in [-0.4, -0.2) is 43.2 Å². The maximum atomic E-state index is 13.8. The van der Waals surface area contributed by atoms with Gasteiger partial charge in [-0.3, -0.25) is 4.79 Å². The van der Waals surface area contributed by atoms with Gasteiger partial charge in [0.15, 0.2) is 0 Å². The van der Waals surface area contributed by atoms with Crippen LogP contribution in [-0.2, 0) is 43.9 Å². The second kappa shape index (κ2) is 14.1. The minimum atomic E-state index is -3.97. The van der Waals surface area contributed by atoms with E-state index in [1.165, 1.54) is 17.5 Å². The number of ether oxygens (including phenoxy) is 1. The fourth-order valence-corrected chi connectivity index (χ4v) is 6.90. The van der Waals surface area contributed by atoms with Crippen molar-refractivity contribution in [3.05, 3.63) is 140 Å². The number of rotatable bonds is 11. The highest BCUT2D eigenvalue weighted by molar-refractivity contribution is 7.89. The molecular formula is C35H32Cl2N2O6S. The number of aryl methyl sites for hydroxylation is 1. The van der Waals surface area contributed by atoms with Crippen LogP contribution in [0.3, 0.4) is 0 Å². The van der Waals surface area contributed by atoms with Gasteiger partial charge in [0.2, 0.25) is 10.0 Å². The summed E-state index contributed by atoms with van der Waals surface area (Å²) in [6.45, 7) is 3.84. The quantitative estimate of drug-likeness (QED) is 0.123. The number of esters is 1. The van der Waals surface area contributed by atoms with E-state index < -0.39 is 16.0 Å². The van der Waals surface area contributed by atoms with Crippen molar-refractivity contribution in [2.45, 2.75) is 38.3 Å². The van der Waals surface area contributed by atoms with Crippen molar-refractivity contribution < 1.29 is 27.2 Å². The van der Waals surface area contributed by atoms with Crippen LogP contribution in [0.15, 0.2) is 111 Å². The molecule has 1 aliphatic rings. The van der Waals surface area contributed by atoms with E-state index in [4.69, 9.17) is 32.4 Å². The first kappa shape index (κ1) is 33.2. The lowest BCUT2D eigenvalue weighted by molar-refractivity contribution is -0.136. The first-order chi connectivity index (χ1) is 22.0. The molecule has 238 valence electrons. The number of halogens is 2. The molecular weight excluding hydrogens is 647 g/mol. The summed E-state index contributed by atoms with van der Waals surface area (Å²) >= 11 is 12.3. The largest absolute Gasteiger partial charge is 0.465 e. The van der Waals surface area contributed by atoms with E-state index in [9.17, 15) is 18.0 Å². The number of amides is 1. The number of carbonyl (C=O) groups excluding carboxylic acids is 2. The van der Waals surface area contributed by atoms with Gasteiger partial charge in [-0.15, -0.1) is 0 Å². The Labute approximate surface area is 278 Å². The molecule has 4 aromatic rings. The van der Waals surface area contributed by atoms with Crippen LogP contribution in [0.2, 0.25) is 10.0 Å². The molecule has 0 atom stereocenters. The van der Waals surface area contributed by atoms with E-state index in [1.807, 2.05) is 37.3 Å². The Balaban J connectivity index is 1.44. The molecule has 0 fully saturated rings. The molecule has 3 aromatic carbocycles. The van der Waals surface area contributed by atoms with Gasteiger partial charge in [0.1, 0.15) is 11.5 Å². The lowest BCUT2D eigenvalue weighted by Gasteiger charge is -2.22. The number of carbonyl (C=O) groups is 2. The molecule has 2 heterocycles. The topological polar surface area (TPSA) is 97.1 Å². The Morgan fingerprint density at radius 2 is 1.63 bits per heavy atom. The molecule has 0 saturated heterocycles. The maximum absolute atomic E-state index is 13.8. The summed E-state index contributed by atoms with van der Waals surface area (Å²) in [6, 6.07) is 24.5. The van der Waals surface area contributed by atoms with Gasteiger partial charge in [-0.05, 0) is 73.9 Å². The summed E-state index contributed by atoms with van der Waals surface area (Å²) in [7, 11) is -2.71. The number of hydrogen-bond acceptors (Lipinski definition) is 6. The Bertz CT molecular complexity index is 1930. The van der Waals surface area contributed by atoms with E-state index in [1.54, 1.807) is 66.4 Å². The smallest absolute Gasteiger partial charge is 0.340 e. The van der Waals surface area contributed by atoms with Gasteiger partial charge in [-0.2, -0.15) is 4.31 Å². The summed E-state index contributed by atoms with van der Waals surface area (Å²) in [5.41, 5.74) is 3.40. The summed E-state index contributed by atoms with van der Waals surface area (Å²) < 4.78 is 40.0. The van der Waals surface area contributed by atoms with E-state index in [0.717, 1.165) is 11.1 Å². The molecule has 0 spiro atoms. The number of nitrogens with zero attached hydrogens (tertiary/aromatic N) is 2. The van der Waals surface area contributed by atoms with Crippen molar-refractivity contribution in [2.75, 3.05) is 13.7 Å². The summed E-state index contributed by atoms with van der Waals surface area (Å²) in [5, 5.41) is 0.667. The standard InChI is InChI=1S/C35H32Cl2N2O6S/c1-23-9-14-29(15-10-23)46(42,43)38(21-26-11-16-31(36)32(37)19-26)22-28-13-12-27(45-28)20-30-33(35(41)44-3)24(2)39(34(30)40)18-17-25-7-5-4-6-8-25/h4-16,19-20H,17-18,21-22H2,1-3H3/b30-20+. The molecule has 1 aromatic heterocycles. The number of allylic oxidation sites excluding steroid dienone is 1. The first-order valence-corrected chi connectivity index (χ1v) is 16.6. The highest BCUT2D eigenvalue weighted by Crippen LogP contribution is 2.33. The minimum Gasteiger partial charge on any atom is -0.465 e. The number of benzene rings is 3. The lowest BCUT2D eigenvalue weighted by Crippen LogP contribution is -2.30. The molecule has 0 aliphatic carbocycles. The lowest BCUT2D eigenvalue weighted by atomic mass is 10.1. The average Bonchev–Trinajstić information content (AvgIpc) is 3.58. The molecule has 0 bridgehead atoms. The van der Waals surface area contributed by atoms with E-state index in [-0.39, 0.29) is 40.8 Å².